The molecule has 34 heavy (non-hydrogen) atoms. The Labute approximate surface area is 198 Å². The molecule has 0 saturated heterocycles. The number of hydrogen-bond acceptors (Lipinski definition) is 6. The van der Waals surface area contributed by atoms with E-state index in [1.54, 1.807) is 54.4 Å². The molecule has 10 heteroatoms. The molecule has 1 aromatic carbocycles. The molecule has 0 atom stereocenters. The van der Waals surface area contributed by atoms with Crippen LogP contribution in [0.25, 0.3) is 22.5 Å². The maximum absolute atomic E-state index is 13.1. The Morgan fingerprint density at radius 1 is 1.15 bits per heavy atom. The van der Waals surface area contributed by atoms with E-state index in [2.05, 4.69) is 20.1 Å². The van der Waals surface area contributed by atoms with E-state index in [9.17, 15) is 13.2 Å². The van der Waals surface area contributed by atoms with Crippen LogP contribution in [0.1, 0.15) is 41.4 Å². The second kappa shape index (κ2) is 9.40. The Kier molecular flexibility index (Phi) is 6.54. The summed E-state index contributed by atoms with van der Waals surface area (Å²) in [5, 5.41) is 7.79. The first-order chi connectivity index (χ1) is 16.2. The van der Waals surface area contributed by atoms with Crippen molar-refractivity contribution in [3.05, 3.63) is 65.5 Å². The Bertz CT molecular complexity index is 1440. The van der Waals surface area contributed by atoms with E-state index in [4.69, 9.17) is 4.42 Å². The zero-order valence-electron chi connectivity index (χ0n) is 19.5. The molecule has 4 rings (SSSR count). The minimum absolute atomic E-state index is 0.0476. The lowest BCUT2D eigenvalue weighted by molar-refractivity contribution is 0.0956. The van der Waals surface area contributed by atoms with Gasteiger partial charge in [-0.2, -0.15) is 5.10 Å². The molecular weight excluding hydrogens is 454 g/mol. The van der Waals surface area contributed by atoms with Crippen molar-refractivity contribution in [2.45, 2.75) is 38.6 Å². The number of aryl methyl sites for hydroxylation is 2. The van der Waals surface area contributed by atoms with Crippen LogP contribution in [-0.4, -0.2) is 42.2 Å². The van der Waals surface area contributed by atoms with Gasteiger partial charge in [0.15, 0.2) is 11.4 Å². The highest BCUT2D eigenvalue weighted by Crippen LogP contribution is 2.26. The van der Waals surface area contributed by atoms with Crippen LogP contribution in [-0.2, 0) is 10.0 Å². The minimum atomic E-state index is -3.69. The van der Waals surface area contributed by atoms with Gasteiger partial charge in [0.25, 0.3) is 5.91 Å². The summed E-state index contributed by atoms with van der Waals surface area (Å²) in [7, 11) is -3.69. The molecule has 0 radical (unpaired) electrons. The molecule has 0 aliphatic rings. The molecule has 4 aromatic rings. The van der Waals surface area contributed by atoms with E-state index in [0.717, 1.165) is 5.56 Å². The zero-order chi connectivity index (χ0) is 24.5. The minimum Gasteiger partial charge on any atom is -0.463 e. The first-order valence-corrected chi connectivity index (χ1v) is 12.4. The van der Waals surface area contributed by atoms with Crippen molar-refractivity contribution in [1.82, 2.24) is 24.8 Å². The molecule has 1 amide bonds. The molecule has 2 N–H and O–H groups in total. The fourth-order valence-corrected chi connectivity index (χ4v) is 5.02. The fourth-order valence-electron chi connectivity index (χ4n) is 3.67. The van der Waals surface area contributed by atoms with Gasteiger partial charge in [-0.25, -0.2) is 22.8 Å². The van der Waals surface area contributed by atoms with E-state index in [1.165, 1.54) is 0 Å². The number of benzene rings is 1. The van der Waals surface area contributed by atoms with Gasteiger partial charge in [0.1, 0.15) is 5.69 Å². The Balaban J connectivity index is 1.52. The monoisotopic (exact) mass is 481 g/mol. The lowest BCUT2D eigenvalue weighted by atomic mass is 10.1. The molecule has 9 nitrogen and oxygen atoms in total. The average Bonchev–Trinajstić information content (AvgIpc) is 3.47. The third kappa shape index (κ3) is 4.73. The van der Waals surface area contributed by atoms with Gasteiger partial charge in [0.2, 0.25) is 10.0 Å². The molecule has 0 saturated carbocycles. The van der Waals surface area contributed by atoms with E-state index >= 15 is 0 Å². The van der Waals surface area contributed by atoms with Crippen LogP contribution in [0.2, 0.25) is 0 Å². The number of hydrogen-bond donors (Lipinski definition) is 2. The summed E-state index contributed by atoms with van der Waals surface area (Å²) in [6, 6.07) is 10.5. The highest BCUT2D eigenvalue weighted by Gasteiger charge is 2.20. The number of aromatic nitrogens is 3. The van der Waals surface area contributed by atoms with Crippen LogP contribution < -0.4 is 10.0 Å². The van der Waals surface area contributed by atoms with Gasteiger partial charge in [-0.05, 0) is 63.1 Å². The fraction of sp³-hybridized carbons (Fsp3) is 0.292. The van der Waals surface area contributed by atoms with Crippen molar-refractivity contribution in [2.75, 3.05) is 13.1 Å². The van der Waals surface area contributed by atoms with Crippen molar-refractivity contribution in [3.8, 4) is 11.5 Å². The van der Waals surface area contributed by atoms with Gasteiger partial charge in [-0.3, -0.25) is 4.79 Å². The number of nitrogens with one attached hydrogen (secondary N) is 2. The van der Waals surface area contributed by atoms with Crippen molar-refractivity contribution in [1.29, 1.82) is 0 Å². The summed E-state index contributed by atoms with van der Waals surface area (Å²) in [6.45, 7) is 7.71. The maximum atomic E-state index is 13.1. The second-order valence-electron chi connectivity index (χ2n) is 8.38. The number of furan rings is 1. The number of carbonyl (C=O) groups excluding carboxylic acids is 1. The third-order valence-corrected chi connectivity index (χ3v) is 7.01. The molecule has 0 spiro atoms. The van der Waals surface area contributed by atoms with Crippen LogP contribution in [0.15, 0.2) is 58.2 Å². The van der Waals surface area contributed by atoms with Crippen molar-refractivity contribution < 1.29 is 17.6 Å². The number of nitrogens with zero attached hydrogens (tertiary/aromatic N) is 3. The van der Waals surface area contributed by atoms with E-state index in [1.807, 2.05) is 26.8 Å². The molecular formula is C24H27N5O4S. The van der Waals surface area contributed by atoms with Gasteiger partial charge in [0.05, 0.1) is 28.3 Å². The van der Waals surface area contributed by atoms with Crippen molar-refractivity contribution in [3.63, 3.8) is 0 Å². The van der Waals surface area contributed by atoms with E-state index < -0.39 is 10.0 Å². The molecule has 0 aliphatic carbocycles. The smallest absolute Gasteiger partial charge is 0.252 e. The summed E-state index contributed by atoms with van der Waals surface area (Å²) < 4.78 is 35.1. The molecule has 178 valence electrons. The standard InChI is InChI=1S/C24H27N5O4S/c1-15(2)29-23-19(14-26-29)18(13-20(28-23)21-6-5-11-33-21)24(30)25-9-10-27-34(31,32)22-12-16(3)7-8-17(22)4/h5-8,11-15,27H,9-10H2,1-4H3,(H,25,30). The first kappa shape index (κ1) is 23.7. The van der Waals surface area contributed by atoms with Crippen molar-refractivity contribution >= 4 is 27.0 Å². The molecule has 0 unspecified atom stereocenters. The molecule has 3 aromatic heterocycles. The Morgan fingerprint density at radius 2 is 1.94 bits per heavy atom. The van der Waals surface area contributed by atoms with Gasteiger partial charge in [-0.15, -0.1) is 0 Å². The highest BCUT2D eigenvalue weighted by molar-refractivity contribution is 7.89. The molecule has 0 fully saturated rings. The first-order valence-electron chi connectivity index (χ1n) is 10.9. The number of fused-ring (bicyclic) bond motifs is 1. The van der Waals surface area contributed by atoms with Crippen LogP contribution in [0.3, 0.4) is 0 Å². The van der Waals surface area contributed by atoms with E-state index in [-0.39, 0.29) is 29.9 Å². The summed E-state index contributed by atoms with van der Waals surface area (Å²) in [4.78, 5) is 18.0. The quantitative estimate of drug-likeness (QED) is 0.371. The maximum Gasteiger partial charge on any atom is 0.252 e. The highest BCUT2D eigenvalue weighted by atomic mass is 32.2. The molecule has 0 bridgehead atoms. The largest absolute Gasteiger partial charge is 0.463 e. The van der Waals surface area contributed by atoms with Crippen LogP contribution in [0.4, 0.5) is 0 Å². The zero-order valence-corrected chi connectivity index (χ0v) is 20.3. The number of carbonyl (C=O) groups is 1. The van der Waals surface area contributed by atoms with Gasteiger partial charge >= 0.3 is 0 Å². The number of pyridine rings is 1. The van der Waals surface area contributed by atoms with Gasteiger partial charge in [0, 0.05) is 19.1 Å². The Hall–Kier alpha value is -3.50. The number of sulfonamides is 1. The second-order valence-corrected chi connectivity index (χ2v) is 10.1. The summed E-state index contributed by atoms with van der Waals surface area (Å²) in [5.41, 5.74) is 3.00. The Morgan fingerprint density at radius 3 is 2.65 bits per heavy atom. The van der Waals surface area contributed by atoms with Gasteiger partial charge in [-0.1, -0.05) is 12.1 Å². The summed E-state index contributed by atoms with van der Waals surface area (Å²) in [6.07, 6.45) is 3.16. The summed E-state index contributed by atoms with van der Waals surface area (Å²) in [5.74, 6) is 0.184. The predicted molar refractivity (Wildman–Crippen MR) is 129 cm³/mol. The van der Waals surface area contributed by atoms with E-state index in [0.29, 0.717) is 33.6 Å². The third-order valence-electron chi connectivity index (χ3n) is 5.41. The molecule has 0 aliphatic heterocycles. The average molecular weight is 482 g/mol. The predicted octanol–water partition coefficient (Wildman–Crippen LogP) is 3.60. The number of rotatable bonds is 8. The van der Waals surface area contributed by atoms with Crippen molar-refractivity contribution in [2.24, 2.45) is 0 Å². The topological polar surface area (TPSA) is 119 Å². The van der Waals surface area contributed by atoms with Crippen LogP contribution >= 0.6 is 0 Å². The van der Waals surface area contributed by atoms with Crippen LogP contribution in [0, 0.1) is 13.8 Å². The molecule has 3 heterocycles. The van der Waals surface area contributed by atoms with Gasteiger partial charge < -0.3 is 9.73 Å². The summed E-state index contributed by atoms with van der Waals surface area (Å²) >= 11 is 0. The lowest BCUT2D eigenvalue weighted by Gasteiger charge is -2.12. The normalized spacial score (nSPS) is 11.9. The van der Waals surface area contributed by atoms with Crippen LogP contribution in [0.5, 0.6) is 0 Å². The number of amides is 1. The lowest BCUT2D eigenvalue weighted by Crippen LogP contribution is -2.35. The SMILES string of the molecule is Cc1ccc(C)c(S(=O)(=O)NCCNC(=O)c2cc(-c3ccco3)nc3c2cnn3C(C)C)c1.